The smallest absolute Gasteiger partial charge is 0.269 e. The van der Waals surface area contributed by atoms with Gasteiger partial charge < -0.3 is 10.3 Å². The summed E-state index contributed by atoms with van der Waals surface area (Å²) in [7, 11) is 0. The van der Waals surface area contributed by atoms with E-state index in [2.05, 4.69) is 22.2 Å². The number of nitrogens with zero attached hydrogens (tertiary/aromatic N) is 2. The van der Waals surface area contributed by atoms with Crippen LogP contribution in [-0.2, 0) is 10.5 Å². The fraction of sp³-hybridized carbons (Fsp3) is 0.353. The van der Waals surface area contributed by atoms with E-state index in [1.165, 1.54) is 24.3 Å². The topological polar surface area (TPSA) is 118 Å². The maximum absolute atomic E-state index is 12.1. The van der Waals surface area contributed by atoms with Crippen LogP contribution in [0.15, 0.2) is 34.2 Å². The van der Waals surface area contributed by atoms with Crippen LogP contribution in [-0.4, -0.2) is 32.3 Å². The fourth-order valence-corrected chi connectivity index (χ4v) is 3.65. The summed E-state index contributed by atoms with van der Waals surface area (Å²) in [6.07, 6.45) is 1.05. The predicted molar refractivity (Wildman–Crippen MR) is 108 cm³/mol. The molecule has 0 atom stereocenters. The Kier molecular flexibility index (Phi) is 7.86. The Labute approximate surface area is 164 Å². The first-order valence-corrected chi connectivity index (χ1v) is 10.4. The highest BCUT2D eigenvalue weighted by Crippen LogP contribution is 2.22. The molecule has 0 aliphatic heterocycles. The predicted octanol–water partition coefficient (Wildman–Crippen LogP) is 3.36. The first kappa shape index (κ1) is 21.0. The minimum absolute atomic E-state index is 0.0283. The second kappa shape index (κ2) is 10.1. The van der Waals surface area contributed by atoms with Crippen LogP contribution in [0.1, 0.15) is 24.6 Å². The van der Waals surface area contributed by atoms with E-state index in [-0.39, 0.29) is 22.9 Å². The van der Waals surface area contributed by atoms with Crippen molar-refractivity contribution in [2.45, 2.75) is 31.2 Å². The van der Waals surface area contributed by atoms with Crippen LogP contribution in [0.3, 0.4) is 0 Å². The molecule has 0 unspecified atom stereocenters. The molecule has 1 heterocycles. The van der Waals surface area contributed by atoms with Gasteiger partial charge in [-0.05, 0) is 30.7 Å². The number of aryl methyl sites for hydroxylation is 1. The zero-order chi connectivity index (χ0) is 19.8. The number of carbonyl (C=O) groups excluding carboxylic acids is 1. The zero-order valence-electron chi connectivity index (χ0n) is 15.0. The Morgan fingerprint density at radius 3 is 2.81 bits per heavy atom. The van der Waals surface area contributed by atoms with Crippen LogP contribution in [0.4, 0.5) is 11.4 Å². The minimum Gasteiger partial charge on any atom is -0.325 e. The van der Waals surface area contributed by atoms with Crippen molar-refractivity contribution in [3.8, 4) is 0 Å². The van der Waals surface area contributed by atoms with Crippen LogP contribution >= 0.6 is 23.5 Å². The SMILES string of the molecule is CCCSCc1cc(=O)[nH]c(SCC(=O)Nc2ccc([N+](=O)[O-])cc2C)n1. The van der Waals surface area contributed by atoms with Crippen molar-refractivity contribution in [3.05, 3.63) is 56.0 Å². The van der Waals surface area contributed by atoms with Crippen molar-refractivity contribution in [1.29, 1.82) is 0 Å². The highest BCUT2D eigenvalue weighted by atomic mass is 32.2. The number of nitrogens with one attached hydrogen (secondary N) is 2. The van der Waals surface area contributed by atoms with E-state index in [0.29, 0.717) is 27.9 Å². The van der Waals surface area contributed by atoms with Crippen molar-refractivity contribution in [1.82, 2.24) is 9.97 Å². The first-order valence-electron chi connectivity index (χ1n) is 8.24. The summed E-state index contributed by atoms with van der Waals surface area (Å²) in [5.41, 5.74) is 1.53. The molecule has 144 valence electrons. The van der Waals surface area contributed by atoms with Crippen LogP contribution in [0.2, 0.25) is 0 Å². The number of hydrogen-bond donors (Lipinski definition) is 2. The number of aromatic nitrogens is 2. The number of benzene rings is 1. The molecule has 0 aliphatic carbocycles. The molecule has 0 radical (unpaired) electrons. The van der Waals surface area contributed by atoms with Crippen LogP contribution in [0.5, 0.6) is 0 Å². The number of nitro benzene ring substituents is 1. The van der Waals surface area contributed by atoms with Crippen LogP contribution in [0.25, 0.3) is 0 Å². The highest BCUT2D eigenvalue weighted by molar-refractivity contribution is 7.99. The maximum atomic E-state index is 12.1. The van der Waals surface area contributed by atoms with Crippen molar-refractivity contribution in [3.63, 3.8) is 0 Å². The summed E-state index contributed by atoms with van der Waals surface area (Å²) in [6.45, 7) is 3.77. The van der Waals surface area contributed by atoms with Gasteiger partial charge in [0.15, 0.2) is 5.16 Å². The van der Waals surface area contributed by atoms with Gasteiger partial charge >= 0.3 is 0 Å². The Morgan fingerprint density at radius 2 is 2.15 bits per heavy atom. The largest absolute Gasteiger partial charge is 0.325 e. The van der Waals surface area contributed by atoms with E-state index in [1.54, 1.807) is 18.7 Å². The molecule has 0 fully saturated rings. The molecular formula is C17H20N4O4S2. The molecule has 0 spiro atoms. The lowest BCUT2D eigenvalue weighted by atomic mass is 10.2. The Bertz CT molecular complexity index is 885. The molecule has 2 N–H and O–H groups in total. The molecule has 2 rings (SSSR count). The Morgan fingerprint density at radius 1 is 1.37 bits per heavy atom. The molecule has 1 aromatic heterocycles. The van der Waals surface area contributed by atoms with Gasteiger partial charge in [0.05, 0.1) is 16.4 Å². The van der Waals surface area contributed by atoms with Crippen molar-refractivity contribution < 1.29 is 9.72 Å². The van der Waals surface area contributed by atoms with Gasteiger partial charge in [-0.2, -0.15) is 11.8 Å². The number of hydrogen-bond acceptors (Lipinski definition) is 7. The summed E-state index contributed by atoms with van der Waals surface area (Å²) in [6, 6.07) is 5.71. The third-order valence-corrected chi connectivity index (χ3v) is 5.48. The van der Waals surface area contributed by atoms with E-state index in [9.17, 15) is 19.7 Å². The van der Waals surface area contributed by atoms with Gasteiger partial charge in [-0.25, -0.2) is 4.98 Å². The summed E-state index contributed by atoms with van der Waals surface area (Å²) in [4.78, 5) is 41.1. The number of non-ortho nitro benzene ring substituents is 1. The molecule has 0 saturated carbocycles. The summed E-state index contributed by atoms with van der Waals surface area (Å²) in [5, 5.41) is 13.9. The molecule has 1 amide bonds. The molecule has 0 saturated heterocycles. The van der Waals surface area contributed by atoms with Gasteiger partial charge in [-0.1, -0.05) is 18.7 Å². The third kappa shape index (κ3) is 6.72. The molecule has 27 heavy (non-hydrogen) atoms. The van der Waals surface area contributed by atoms with E-state index < -0.39 is 4.92 Å². The van der Waals surface area contributed by atoms with Crippen LogP contribution < -0.4 is 10.9 Å². The number of rotatable bonds is 9. The average molecular weight is 409 g/mol. The number of amides is 1. The van der Waals surface area contributed by atoms with E-state index >= 15 is 0 Å². The number of nitro groups is 1. The lowest BCUT2D eigenvalue weighted by Crippen LogP contribution is -2.16. The summed E-state index contributed by atoms with van der Waals surface area (Å²) in [5.74, 6) is 1.42. The van der Waals surface area contributed by atoms with E-state index in [1.807, 2.05) is 0 Å². The maximum Gasteiger partial charge on any atom is 0.269 e. The second-order valence-corrected chi connectivity index (χ2v) is 7.76. The molecule has 1 aromatic carbocycles. The van der Waals surface area contributed by atoms with Crippen LogP contribution in [0, 0.1) is 17.0 Å². The molecule has 2 aromatic rings. The molecule has 8 nitrogen and oxygen atoms in total. The van der Waals surface area contributed by atoms with Gasteiger partial charge in [0.25, 0.3) is 11.2 Å². The monoisotopic (exact) mass is 408 g/mol. The quantitative estimate of drug-likeness (QED) is 0.215. The highest BCUT2D eigenvalue weighted by Gasteiger charge is 2.11. The third-order valence-electron chi connectivity index (χ3n) is 3.41. The number of thioether (sulfide) groups is 2. The minimum atomic E-state index is -0.484. The standard InChI is InChI=1S/C17H20N4O4S2/c1-3-6-26-9-12-8-15(22)20-17(18-12)27-10-16(23)19-14-5-4-13(21(24)25)7-11(14)2/h4-5,7-8H,3,6,9-10H2,1-2H3,(H,19,23)(H,18,20,22). The first-order chi connectivity index (χ1) is 12.9. The Hall–Kier alpha value is -2.33. The van der Waals surface area contributed by atoms with Gasteiger partial charge in [0.2, 0.25) is 5.91 Å². The van der Waals surface area contributed by atoms with E-state index in [0.717, 1.165) is 23.9 Å². The van der Waals surface area contributed by atoms with Crippen molar-refractivity contribution >= 4 is 40.8 Å². The van der Waals surface area contributed by atoms with Gasteiger partial charge in [0.1, 0.15) is 0 Å². The van der Waals surface area contributed by atoms with Crippen molar-refractivity contribution in [2.75, 3.05) is 16.8 Å². The second-order valence-electron chi connectivity index (χ2n) is 5.69. The molecule has 0 bridgehead atoms. The lowest BCUT2D eigenvalue weighted by Gasteiger charge is -2.08. The molecule has 10 heteroatoms. The number of anilines is 1. The van der Waals surface area contributed by atoms with Gasteiger partial charge in [-0.15, -0.1) is 0 Å². The molecule has 0 aliphatic rings. The fourth-order valence-electron chi connectivity index (χ4n) is 2.17. The van der Waals surface area contributed by atoms with Gasteiger partial charge in [0, 0.05) is 29.6 Å². The number of H-pyrrole nitrogens is 1. The number of carbonyl (C=O) groups is 1. The van der Waals surface area contributed by atoms with Gasteiger partial charge in [-0.3, -0.25) is 19.7 Å². The summed E-state index contributed by atoms with van der Waals surface area (Å²) >= 11 is 2.84. The van der Waals surface area contributed by atoms with E-state index in [4.69, 9.17) is 0 Å². The molecular weight excluding hydrogens is 388 g/mol. The average Bonchev–Trinajstić information content (AvgIpc) is 2.61. The lowest BCUT2D eigenvalue weighted by molar-refractivity contribution is -0.384. The summed E-state index contributed by atoms with van der Waals surface area (Å²) < 4.78 is 0. The Balaban J connectivity index is 1.95. The zero-order valence-corrected chi connectivity index (χ0v) is 16.6. The number of aromatic amines is 1. The normalized spacial score (nSPS) is 10.6. The van der Waals surface area contributed by atoms with Crippen molar-refractivity contribution in [2.24, 2.45) is 0 Å².